The summed E-state index contributed by atoms with van der Waals surface area (Å²) in [5.74, 6) is -1.03. The van der Waals surface area contributed by atoms with Crippen molar-refractivity contribution in [2.24, 2.45) is 0 Å². The zero-order valence-corrected chi connectivity index (χ0v) is 15.4. The number of ether oxygens (including phenoxy) is 3. The Bertz CT molecular complexity index is 661. The molecule has 26 heavy (non-hydrogen) atoms. The number of hydrogen-bond acceptors (Lipinski definition) is 6. The van der Waals surface area contributed by atoms with Gasteiger partial charge in [-0.15, -0.1) is 0 Å². The summed E-state index contributed by atoms with van der Waals surface area (Å²) in [6, 6.07) is 8.31. The highest BCUT2D eigenvalue weighted by molar-refractivity contribution is 5.88. The molecular weight excluding hydrogens is 340 g/mol. The molecule has 1 fully saturated rings. The minimum absolute atomic E-state index is 0.0982. The van der Waals surface area contributed by atoms with Crippen molar-refractivity contribution >= 4 is 18.0 Å². The zero-order valence-electron chi connectivity index (χ0n) is 15.4. The van der Waals surface area contributed by atoms with Crippen molar-refractivity contribution in [2.45, 2.75) is 45.2 Å². The lowest BCUT2D eigenvalue weighted by atomic mass is 10.1. The van der Waals surface area contributed by atoms with Gasteiger partial charge in [0, 0.05) is 0 Å². The molecule has 1 aliphatic heterocycles. The summed E-state index contributed by atoms with van der Waals surface area (Å²) in [4.78, 5) is 37.7. The normalized spacial score (nSPS) is 21.2. The summed E-state index contributed by atoms with van der Waals surface area (Å²) in [7, 11) is 1.25. The van der Waals surface area contributed by atoms with E-state index in [1.54, 1.807) is 20.8 Å². The highest BCUT2D eigenvalue weighted by Gasteiger charge is 2.51. The minimum atomic E-state index is -0.995. The fourth-order valence-corrected chi connectivity index (χ4v) is 3.00. The monoisotopic (exact) mass is 364 g/mol. The molecule has 1 heterocycles. The zero-order chi connectivity index (χ0) is 19.3. The number of methoxy groups -OCH3 is 1. The maximum absolute atomic E-state index is 12.6. The van der Waals surface area contributed by atoms with Crippen LogP contribution in [0.15, 0.2) is 30.3 Å². The number of nitrogens with zero attached hydrogens (tertiary/aromatic N) is 1. The van der Waals surface area contributed by atoms with Crippen LogP contribution in [0.1, 0.15) is 26.3 Å². The lowest BCUT2D eigenvalue weighted by Gasteiger charge is -2.32. The molecule has 8 nitrogen and oxygen atoms in total. The largest absolute Gasteiger partial charge is 0.467 e. The number of carbonyl (C=O) groups is 3. The van der Waals surface area contributed by atoms with Gasteiger partial charge < -0.3 is 19.5 Å². The second-order valence-corrected chi connectivity index (χ2v) is 6.42. The van der Waals surface area contributed by atoms with Crippen molar-refractivity contribution < 1.29 is 28.6 Å². The molecule has 2 rings (SSSR count). The average Bonchev–Trinajstić information content (AvgIpc) is 2.86. The van der Waals surface area contributed by atoms with Crippen LogP contribution >= 0.6 is 0 Å². The Morgan fingerprint density at radius 1 is 1.23 bits per heavy atom. The summed E-state index contributed by atoms with van der Waals surface area (Å²) in [6.45, 7) is 4.83. The van der Waals surface area contributed by atoms with Crippen molar-refractivity contribution in [3.05, 3.63) is 35.9 Å². The molecule has 0 unspecified atom stereocenters. The summed E-state index contributed by atoms with van der Waals surface area (Å²) in [5, 5.41) is 2.40. The quantitative estimate of drug-likeness (QED) is 0.795. The van der Waals surface area contributed by atoms with Crippen LogP contribution in [0.4, 0.5) is 4.79 Å². The third kappa shape index (κ3) is 4.51. The van der Waals surface area contributed by atoms with Gasteiger partial charge in [-0.05, 0) is 26.3 Å². The van der Waals surface area contributed by atoms with E-state index in [0.29, 0.717) is 0 Å². The van der Waals surface area contributed by atoms with Crippen LogP contribution in [-0.4, -0.2) is 54.4 Å². The van der Waals surface area contributed by atoms with Crippen molar-refractivity contribution in [1.29, 1.82) is 0 Å². The molecule has 142 valence electrons. The molecule has 1 N–H and O–H groups in total. The van der Waals surface area contributed by atoms with E-state index in [1.165, 1.54) is 12.0 Å². The van der Waals surface area contributed by atoms with Crippen LogP contribution in [0.3, 0.4) is 0 Å². The van der Waals surface area contributed by atoms with Gasteiger partial charge in [0.2, 0.25) is 5.91 Å². The minimum Gasteiger partial charge on any atom is -0.467 e. The molecular formula is C18H24N2O6. The van der Waals surface area contributed by atoms with Gasteiger partial charge in [0.15, 0.2) is 6.04 Å². The van der Waals surface area contributed by atoms with Gasteiger partial charge in [0.1, 0.15) is 18.9 Å². The van der Waals surface area contributed by atoms with Gasteiger partial charge in [-0.25, -0.2) is 9.59 Å². The number of amides is 2. The van der Waals surface area contributed by atoms with Gasteiger partial charge in [0.05, 0.1) is 13.2 Å². The van der Waals surface area contributed by atoms with E-state index >= 15 is 0 Å². The van der Waals surface area contributed by atoms with E-state index in [9.17, 15) is 14.4 Å². The molecule has 0 saturated carbocycles. The Hall–Kier alpha value is -2.61. The highest BCUT2D eigenvalue weighted by atomic mass is 16.6. The van der Waals surface area contributed by atoms with E-state index in [2.05, 4.69) is 5.32 Å². The highest BCUT2D eigenvalue weighted by Crippen LogP contribution is 2.32. The van der Waals surface area contributed by atoms with Gasteiger partial charge >= 0.3 is 12.1 Å². The third-order valence-electron chi connectivity index (χ3n) is 4.09. The first-order chi connectivity index (χ1) is 12.3. The number of carbonyl (C=O) groups excluding carboxylic acids is 3. The second-order valence-electron chi connectivity index (χ2n) is 6.42. The Balaban J connectivity index is 1.92. The van der Waals surface area contributed by atoms with Crippen LogP contribution in [-0.2, 0) is 30.4 Å². The smallest absolute Gasteiger partial charge is 0.407 e. The predicted octanol–water partition coefficient (Wildman–Crippen LogP) is 1.44. The standard InChI is InChI=1S/C18H24N2O6/c1-12-15(16(22)24-4)20(18(2,3)26-12)14(21)10-19-17(23)25-11-13-8-6-5-7-9-13/h5-9,12,15H,10-11H2,1-4H3,(H,19,23)/t12-,15+/m1/s1. The van der Waals surface area contributed by atoms with Crippen LogP contribution in [0, 0.1) is 0 Å². The molecule has 0 spiro atoms. The van der Waals surface area contributed by atoms with Crippen molar-refractivity contribution in [1.82, 2.24) is 10.2 Å². The fourth-order valence-electron chi connectivity index (χ4n) is 3.00. The topological polar surface area (TPSA) is 94.2 Å². The maximum Gasteiger partial charge on any atom is 0.407 e. The first kappa shape index (κ1) is 19.7. The van der Waals surface area contributed by atoms with Gasteiger partial charge in [-0.3, -0.25) is 9.69 Å². The average molecular weight is 364 g/mol. The van der Waals surface area contributed by atoms with E-state index in [0.717, 1.165) is 5.56 Å². The molecule has 2 amide bonds. The van der Waals surface area contributed by atoms with Crippen molar-refractivity contribution in [3.8, 4) is 0 Å². The van der Waals surface area contributed by atoms with E-state index in [1.807, 2.05) is 30.3 Å². The molecule has 1 aliphatic rings. The number of esters is 1. The Labute approximate surface area is 152 Å². The molecule has 0 aliphatic carbocycles. The van der Waals surface area contributed by atoms with Gasteiger partial charge in [-0.1, -0.05) is 30.3 Å². The maximum atomic E-state index is 12.6. The molecule has 0 aromatic heterocycles. The summed E-state index contributed by atoms with van der Waals surface area (Å²) in [5.41, 5.74) is -0.159. The molecule has 1 saturated heterocycles. The number of nitrogens with one attached hydrogen (secondary N) is 1. The lowest BCUT2D eigenvalue weighted by molar-refractivity contribution is -0.156. The van der Waals surface area contributed by atoms with E-state index in [-0.39, 0.29) is 13.2 Å². The van der Waals surface area contributed by atoms with Crippen molar-refractivity contribution in [3.63, 3.8) is 0 Å². The van der Waals surface area contributed by atoms with E-state index < -0.39 is 35.8 Å². The van der Waals surface area contributed by atoms with Gasteiger partial charge in [0.25, 0.3) is 0 Å². The fraction of sp³-hybridized carbons (Fsp3) is 0.500. The van der Waals surface area contributed by atoms with Crippen LogP contribution < -0.4 is 5.32 Å². The molecule has 2 atom stereocenters. The van der Waals surface area contributed by atoms with Crippen LogP contribution in [0.2, 0.25) is 0 Å². The summed E-state index contributed by atoms with van der Waals surface area (Å²) >= 11 is 0. The molecule has 0 radical (unpaired) electrons. The summed E-state index contributed by atoms with van der Waals surface area (Å²) in [6.07, 6.45) is -1.24. The predicted molar refractivity (Wildman–Crippen MR) is 91.9 cm³/mol. The Kier molecular flexibility index (Phi) is 6.20. The molecule has 0 bridgehead atoms. The van der Waals surface area contributed by atoms with Crippen molar-refractivity contribution in [2.75, 3.05) is 13.7 Å². The first-order valence-electron chi connectivity index (χ1n) is 8.28. The second kappa shape index (κ2) is 8.18. The third-order valence-corrected chi connectivity index (χ3v) is 4.09. The van der Waals surface area contributed by atoms with E-state index in [4.69, 9.17) is 14.2 Å². The van der Waals surface area contributed by atoms with Gasteiger partial charge in [-0.2, -0.15) is 0 Å². The molecule has 1 aromatic carbocycles. The first-order valence-corrected chi connectivity index (χ1v) is 8.28. The number of alkyl carbamates (subject to hydrolysis) is 1. The lowest BCUT2D eigenvalue weighted by Crippen LogP contribution is -2.54. The SMILES string of the molecule is COC(=O)[C@@H]1[C@@H](C)OC(C)(C)N1C(=O)CNC(=O)OCc1ccccc1. The number of benzene rings is 1. The summed E-state index contributed by atoms with van der Waals surface area (Å²) < 4.78 is 15.5. The van der Waals surface area contributed by atoms with Crippen LogP contribution in [0.25, 0.3) is 0 Å². The van der Waals surface area contributed by atoms with Crippen LogP contribution in [0.5, 0.6) is 0 Å². The molecule has 1 aromatic rings. The Morgan fingerprint density at radius 2 is 1.88 bits per heavy atom. The Morgan fingerprint density at radius 3 is 2.50 bits per heavy atom. The number of rotatable bonds is 5. The molecule has 8 heteroatoms. The number of hydrogen-bond donors (Lipinski definition) is 1.